The molecule has 1 amide bonds. The van der Waals surface area contributed by atoms with Crippen LogP contribution in [0.4, 0.5) is 5.95 Å². The third kappa shape index (κ3) is 2.30. The van der Waals surface area contributed by atoms with Crippen molar-refractivity contribution in [1.29, 1.82) is 0 Å². The number of methoxy groups -OCH3 is 1. The molecule has 1 N–H and O–H groups in total. The lowest BCUT2D eigenvalue weighted by molar-refractivity contribution is -0.120. The van der Waals surface area contributed by atoms with Gasteiger partial charge in [-0.15, -0.1) is 0 Å². The first-order valence-electron chi connectivity index (χ1n) is 5.67. The molecule has 1 atom stereocenters. The maximum absolute atomic E-state index is 11.7. The second-order valence-electron chi connectivity index (χ2n) is 3.78. The molecule has 2 rings (SSSR count). The highest BCUT2D eigenvalue weighted by atomic mass is 16.5. The molecule has 0 saturated carbocycles. The minimum atomic E-state index is -0.174. The number of amides is 1. The van der Waals surface area contributed by atoms with Gasteiger partial charge in [0.05, 0.1) is 7.11 Å². The first kappa shape index (κ1) is 11.6. The van der Waals surface area contributed by atoms with Gasteiger partial charge in [-0.05, 0) is 13.3 Å². The second-order valence-corrected chi connectivity index (χ2v) is 3.78. The zero-order valence-electron chi connectivity index (χ0n) is 10.0. The number of carbonyl (C=O) groups excluding carboxylic acids is 1. The number of ether oxygens (including phenoxy) is 1. The summed E-state index contributed by atoms with van der Waals surface area (Å²) in [4.78, 5) is 22.0. The van der Waals surface area contributed by atoms with Gasteiger partial charge in [0.2, 0.25) is 17.7 Å². The van der Waals surface area contributed by atoms with Gasteiger partial charge in [-0.2, -0.15) is 4.98 Å². The predicted octanol–water partition coefficient (Wildman–Crippen LogP) is 0.200. The van der Waals surface area contributed by atoms with Crippen LogP contribution >= 0.6 is 0 Å². The van der Waals surface area contributed by atoms with E-state index >= 15 is 0 Å². The molecular formula is C11H16N4O2. The molecule has 17 heavy (non-hydrogen) atoms. The predicted molar refractivity (Wildman–Crippen MR) is 63.0 cm³/mol. The van der Waals surface area contributed by atoms with Crippen molar-refractivity contribution in [1.82, 2.24) is 15.3 Å². The summed E-state index contributed by atoms with van der Waals surface area (Å²) in [6.45, 7) is 3.38. The standard InChI is InChI=1S/C11H16N4O2/c1-3-15(8-4-6-12-10(8)16)11-13-7-5-9(14-11)17-2/h5,7-8H,3-4,6H2,1-2H3,(H,12,16). The van der Waals surface area contributed by atoms with E-state index in [4.69, 9.17) is 4.74 Å². The van der Waals surface area contributed by atoms with E-state index in [1.807, 2.05) is 11.8 Å². The SMILES string of the molecule is CCN(c1nccc(OC)n1)C1CCNC1=O. The Hall–Kier alpha value is -1.85. The van der Waals surface area contributed by atoms with Crippen LogP contribution in [0.5, 0.6) is 5.88 Å². The van der Waals surface area contributed by atoms with E-state index in [-0.39, 0.29) is 11.9 Å². The molecule has 1 aliphatic rings. The maximum Gasteiger partial charge on any atom is 0.242 e. The van der Waals surface area contributed by atoms with Crippen molar-refractivity contribution in [3.63, 3.8) is 0 Å². The van der Waals surface area contributed by atoms with Gasteiger partial charge in [0.25, 0.3) is 0 Å². The molecule has 2 heterocycles. The highest BCUT2D eigenvalue weighted by Crippen LogP contribution is 2.18. The number of hydrogen-bond donors (Lipinski definition) is 1. The Bertz CT molecular complexity index is 410. The lowest BCUT2D eigenvalue weighted by Gasteiger charge is -2.25. The molecular weight excluding hydrogens is 220 g/mol. The van der Waals surface area contributed by atoms with Gasteiger partial charge in [0.15, 0.2) is 0 Å². The number of nitrogens with zero attached hydrogens (tertiary/aromatic N) is 3. The molecule has 1 fully saturated rings. The van der Waals surface area contributed by atoms with Gasteiger partial charge >= 0.3 is 0 Å². The molecule has 0 aliphatic carbocycles. The van der Waals surface area contributed by atoms with Crippen molar-refractivity contribution in [2.45, 2.75) is 19.4 Å². The summed E-state index contributed by atoms with van der Waals surface area (Å²) < 4.78 is 5.06. The van der Waals surface area contributed by atoms with Gasteiger partial charge in [-0.1, -0.05) is 0 Å². The van der Waals surface area contributed by atoms with Crippen molar-refractivity contribution in [2.24, 2.45) is 0 Å². The highest BCUT2D eigenvalue weighted by molar-refractivity contribution is 5.86. The number of rotatable bonds is 4. The van der Waals surface area contributed by atoms with Crippen LogP contribution < -0.4 is 15.0 Å². The average Bonchev–Trinajstić information content (AvgIpc) is 2.77. The Labute approximate surface area is 100 Å². The fourth-order valence-electron chi connectivity index (χ4n) is 1.96. The van der Waals surface area contributed by atoms with Gasteiger partial charge in [-0.3, -0.25) is 4.79 Å². The Kier molecular flexibility index (Phi) is 3.41. The molecule has 0 aromatic carbocycles. The number of aromatic nitrogens is 2. The van der Waals surface area contributed by atoms with Crippen LogP contribution in [-0.4, -0.2) is 42.1 Å². The Balaban J connectivity index is 2.24. The normalized spacial score (nSPS) is 18.9. The number of nitrogens with one attached hydrogen (secondary N) is 1. The molecule has 0 bridgehead atoms. The molecule has 0 spiro atoms. The summed E-state index contributed by atoms with van der Waals surface area (Å²) in [5.41, 5.74) is 0. The molecule has 1 aromatic rings. The highest BCUT2D eigenvalue weighted by Gasteiger charge is 2.30. The molecule has 0 radical (unpaired) electrons. The largest absolute Gasteiger partial charge is 0.481 e. The van der Waals surface area contributed by atoms with Crippen LogP contribution in [0, 0.1) is 0 Å². The first-order chi connectivity index (χ1) is 8.26. The molecule has 1 saturated heterocycles. The molecule has 6 nitrogen and oxygen atoms in total. The van der Waals surface area contributed by atoms with Crippen LogP contribution in [0.1, 0.15) is 13.3 Å². The summed E-state index contributed by atoms with van der Waals surface area (Å²) >= 11 is 0. The minimum Gasteiger partial charge on any atom is -0.481 e. The topological polar surface area (TPSA) is 67.3 Å². The van der Waals surface area contributed by atoms with E-state index in [0.29, 0.717) is 24.9 Å². The monoisotopic (exact) mass is 236 g/mol. The van der Waals surface area contributed by atoms with Gasteiger partial charge in [0.1, 0.15) is 6.04 Å². The fraction of sp³-hybridized carbons (Fsp3) is 0.545. The fourth-order valence-corrected chi connectivity index (χ4v) is 1.96. The van der Waals surface area contributed by atoms with E-state index in [2.05, 4.69) is 15.3 Å². The van der Waals surface area contributed by atoms with E-state index in [0.717, 1.165) is 6.42 Å². The minimum absolute atomic E-state index is 0.0401. The quantitative estimate of drug-likeness (QED) is 0.809. The molecule has 92 valence electrons. The maximum atomic E-state index is 11.7. The van der Waals surface area contributed by atoms with E-state index in [1.54, 1.807) is 19.4 Å². The third-order valence-corrected chi connectivity index (χ3v) is 2.82. The van der Waals surface area contributed by atoms with Crippen molar-refractivity contribution in [3.8, 4) is 5.88 Å². The molecule has 1 aliphatic heterocycles. The average molecular weight is 236 g/mol. The van der Waals surface area contributed by atoms with Crippen LogP contribution in [0.15, 0.2) is 12.3 Å². The van der Waals surface area contributed by atoms with Crippen LogP contribution in [-0.2, 0) is 4.79 Å². The van der Waals surface area contributed by atoms with Gasteiger partial charge < -0.3 is 15.0 Å². The summed E-state index contributed by atoms with van der Waals surface area (Å²) in [6, 6.07) is 1.51. The zero-order chi connectivity index (χ0) is 12.3. The van der Waals surface area contributed by atoms with Gasteiger partial charge in [0, 0.05) is 25.4 Å². The summed E-state index contributed by atoms with van der Waals surface area (Å²) in [5, 5.41) is 2.82. The summed E-state index contributed by atoms with van der Waals surface area (Å²) in [6.07, 6.45) is 2.42. The number of anilines is 1. The lowest BCUT2D eigenvalue weighted by Crippen LogP contribution is -2.41. The number of likely N-dealkylation sites (N-methyl/N-ethyl adjacent to an activating group) is 1. The van der Waals surface area contributed by atoms with Crippen molar-refractivity contribution >= 4 is 11.9 Å². The summed E-state index contributed by atoms with van der Waals surface area (Å²) in [5.74, 6) is 1.08. The second kappa shape index (κ2) is 4.99. The lowest BCUT2D eigenvalue weighted by atomic mass is 10.2. The van der Waals surface area contributed by atoms with Crippen LogP contribution in [0.25, 0.3) is 0 Å². The first-order valence-corrected chi connectivity index (χ1v) is 5.67. The number of hydrogen-bond acceptors (Lipinski definition) is 5. The molecule has 6 heteroatoms. The number of carbonyl (C=O) groups is 1. The van der Waals surface area contributed by atoms with Gasteiger partial charge in [-0.25, -0.2) is 4.98 Å². The van der Waals surface area contributed by atoms with E-state index in [9.17, 15) is 4.79 Å². The Morgan fingerprint density at radius 1 is 1.65 bits per heavy atom. The van der Waals surface area contributed by atoms with Crippen molar-refractivity contribution in [3.05, 3.63) is 12.3 Å². The van der Waals surface area contributed by atoms with Crippen molar-refractivity contribution in [2.75, 3.05) is 25.1 Å². The Morgan fingerprint density at radius 3 is 3.06 bits per heavy atom. The van der Waals surface area contributed by atoms with Crippen LogP contribution in [0.2, 0.25) is 0 Å². The molecule has 1 unspecified atom stereocenters. The van der Waals surface area contributed by atoms with E-state index in [1.165, 1.54) is 0 Å². The summed E-state index contributed by atoms with van der Waals surface area (Å²) in [7, 11) is 1.56. The van der Waals surface area contributed by atoms with E-state index < -0.39 is 0 Å². The third-order valence-electron chi connectivity index (χ3n) is 2.82. The Morgan fingerprint density at radius 2 is 2.47 bits per heavy atom. The van der Waals surface area contributed by atoms with Crippen LogP contribution in [0.3, 0.4) is 0 Å². The van der Waals surface area contributed by atoms with Crippen molar-refractivity contribution < 1.29 is 9.53 Å². The smallest absolute Gasteiger partial charge is 0.242 e. The molecule has 1 aromatic heterocycles. The zero-order valence-corrected chi connectivity index (χ0v) is 10.0.